The van der Waals surface area contributed by atoms with Crippen molar-refractivity contribution in [1.82, 2.24) is 5.32 Å². The highest BCUT2D eigenvalue weighted by Gasteiger charge is 2.31. The number of hydrogen-bond acceptors (Lipinski definition) is 7. The van der Waals surface area contributed by atoms with E-state index in [-0.39, 0.29) is 50.1 Å². The molecule has 2 heterocycles. The third-order valence-corrected chi connectivity index (χ3v) is 5.90. The van der Waals surface area contributed by atoms with E-state index in [1.165, 1.54) is 12.1 Å². The average molecular weight is 464 g/mol. The van der Waals surface area contributed by atoms with Crippen LogP contribution in [0.4, 0.5) is 15.8 Å². The number of carbonyl (C=O) groups is 2. The SMILES string of the molecule is CN1C(=C(C#N)C(=O)CCC(=O)NCCc2cc(F)cc3c2OCOC3)N(C)c2ccccc21. The number of halogens is 1. The van der Waals surface area contributed by atoms with Gasteiger partial charge in [-0.25, -0.2) is 4.39 Å². The van der Waals surface area contributed by atoms with Crippen molar-refractivity contribution in [3.63, 3.8) is 0 Å². The Balaban J connectivity index is 1.34. The summed E-state index contributed by atoms with van der Waals surface area (Å²) in [5.74, 6) is -0.0173. The first-order chi connectivity index (χ1) is 16.4. The summed E-state index contributed by atoms with van der Waals surface area (Å²) in [5, 5.41) is 12.4. The summed E-state index contributed by atoms with van der Waals surface area (Å²) in [7, 11) is 3.60. The molecule has 0 atom stereocenters. The highest BCUT2D eigenvalue weighted by Crippen LogP contribution is 2.40. The van der Waals surface area contributed by atoms with E-state index in [9.17, 15) is 19.2 Å². The van der Waals surface area contributed by atoms with Gasteiger partial charge in [-0.1, -0.05) is 12.1 Å². The number of ketones is 1. The summed E-state index contributed by atoms with van der Waals surface area (Å²) in [5.41, 5.74) is 3.10. The number of Topliss-reactive ketones (excluding diaryl/α,β-unsaturated/α-hetero) is 1. The third kappa shape index (κ3) is 4.58. The molecule has 8 nitrogen and oxygen atoms in total. The van der Waals surface area contributed by atoms with Crippen molar-refractivity contribution in [2.75, 3.05) is 37.2 Å². The standard InChI is InChI=1S/C25H25FN4O4/c1-29-20-5-3-4-6-21(20)30(2)25(29)19(13-27)22(31)7-8-23(32)28-10-9-16-11-18(26)12-17-14-33-15-34-24(16)17/h3-6,11-12H,7-10,14-15H2,1-2H3,(H,28,32). The van der Waals surface area contributed by atoms with Crippen molar-refractivity contribution >= 4 is 23.1 Å². The summed E-state index contributed by atoms with van der Waals surface area (Å²) >= 11 is 0. The number of hydrogen-bond donors (Lipinski definition) is 1. The highest BCUT2D eigenvalue weighted by molar-refractivity contribution is 6.03. The molecule has 176 valence electrons. The van der Waals surface area contributed by atoms with Gasteiger partial charge in [0.1, 0.15) is 29.0 Å². The second-order valence-electron chi connectivity index (χ2n) is 8.10. The molecule has 34 heavy (non-hydrogen) atoms. The zero-order chi connectivity index (χ0) is 24.2. The van der Waals surface area contributed by atoms with E-state index in [1.807, 2.05) is 30.3 Å². The van der Waals surface area contributed by atoms with Crippen molar-refractivity contribution in [2.24, 2.45) is 0 Å². The zero-order valence-electron chi connectivity index (χ0n) is 19.1. The molecule has 1 amide bonds. The number of nitrogens with one attached hydrogen (secondary N) is 1. The number of para-hydroxylation sites is 2. The molecule has 0 aliphatic carbocycles. The average Bonchev–Trinajstić information content (AvgIpc) is 3.08. The topological polar surface area (TPSA) is 94.9 Å². The summed E-state index contributed by atoms with van der Waals surface area (Å²) in [4.78, 5) is 28.8. The first kappa shape index (κ1) is 23.3. The van der Waals surface area contributed by atoms with Crippen molar-refractivity contribution < 1.29 is 23.5 Å². The molecule has 0 saturated heterocycles. The van der Waals surface area contributed by atoms with E-state index in [0.717, 1.165) is 11.4 Å². The van der Waals surface area contributed by atoms with Gasteiger partial charge in [-0.15, -0.1) is 0 Å². The van der Waals surface area contributed by atoms with E-state index in [0.29, 0.717) is 29.1 Å². The maximum atomic E-state index is 13.9. The summed E-state index contributed by atoms with van der Waals surface area (Å²) in [6.07, 6.45) is 0.233. The third-order valence-electron chi connectivity index (χ3n) is 5.90. The lowest BCUT2D eigenvalue weighted by Crippen LogP contribution is -2.28. The maximum absolute atomic E-state index is 13.9. The van der Waals surface area contributed by atoms with Crippen LogP contribution >= 0.6 is 0 Å². The highest BCUT2D eigenvalue weighted by atomic mass is 19.1. The Morgan fingerprint density at radius 3 is 2.53 bits per heavy atom. The lowest BCUT2D eigenvalue weighted by atomic mass is 10.0. The van der Waals surface area contributed by atoms with E-state index >= 15 is 0 Å². The number of allylic oxidation sites excluding steroid dienone is 1. The van der Waals surface area contributed by atoms with Gasteiger partial charge in [-0.2, -0.15) is 5.26 Å². The van der Waals surface area contributed by atoms with Crippen LogP contribution in [-0.2, 0) is 27.4 Å². The quantitative estimate of drug-likeness (QED) is 0.497. The second kappa shape index (κ2) is 9.93. The van der Waals surface area contributed by atoms with Gasteiger partial charge in [0, 0.05) is 39.0 Å². The Bertz CT molecular complexity index is 1170. The number of rotatable bonds is 7. The number of nitriles is 1. The largest absolute Gasteiger partial charge is 0.467 e. The van der Waals surface area contributed by atoms with Crippen molar-refractivity contribution in [3.8, 4) is 11.8 Å². The molecular formula is C25H25FN4O4. The Hall–Kier alpha value is -3.90. The van der Waals surface area contributed by atoms with Crippen LogP contribution in [0.3, 0.4) is 0 Å². The number of benzene rings is 2. The fraction of sp³-hybridized carbons (Fsp3) is 0.320. The normalized spacial score (nSPS) is 14.1. The van der Waals surface area contributed by atoms with Gasteiger partial charge < -0.3 is 24.6 Å². The Labute approximate surface area is 197 Å². The Kier molecular flexibility index (Phi) is 6.80. The van der Waals surface area contributed by atoms with Crippen LogP contribution in [-0.4, -0.2) is 39.1 Å². The number of nitrogens with zero attached hydrogens (tertiary/aromatic N) is 3. The molecule has 0 spiro atoms. The minimum Gasteiger partial charge on any atom is -0.467 e. The molecule has 0 bridgehead atoms. The number of carbonyl (C=O) groups excluding carboxylic acids is 2. The maximum Gasteiger partial charge on any atom is 0.220 e. The molecule has 1 N–H and O–H groups in total. The lowest BCUT2D eigenvalue weighted by molar-refractivity contribution is -0.124. The van der Waals surface area contributed by atoms with Gasteiger partial charge in [0.05, 0.1) is 18.0 Å². The van der Waals surface area contributed by atoms with Gasteiger partial charge in [-0.05, 0) is 36.2 Å². The van der Waals surface area contributed by atoms with Crippen molar-refractivity contribution in [2.45, 2.75) is 25.9 Å². The molecular weight excluding hydrogens is 439 g/mol. The van der Waals surface area contributed by atoms with E-state index < -0.39 is 5.78 Å². The van der Waals surface area contributed by atoms with Crippen LogP contribution in [0.2, 0.25) is 0 Å². The van der Waals surface area contributed by atoms with Crippen molar-refractivity contribution in [3.05, 3.63) is 64.7 Å². The predicted molar refractivity (Wildman–Crippen MR) is 124 cm³/mol. The van der Waals surface area contributed by atoms with E-state index in [1.54, 1.807) is 23.9 Å². The number of amides is 1. The van der Waals surface area contributed by atoms with Crippen LogP contribution < -0.4 is 19.9 Å². The molecule has 0 saturated carbocycles. The zero-order valence-corrected chi connectivity index (χ0v) is 19.1. The van der Waals surface area contributed by atoms with Crippen molar-refractivity contribution in [1.29, 1.82) is 5.26 Å². The Morgan fingerprint density at radius 1 is 1.15 bits per heavy atom. The fourth-order valence-electron chi connectivity index (χ4n) is 4.28. The summed E-state index contributed by atoms with van der Waals surface area (Å²) in [6.45, 7) is 0.646. The minimum absolute atomic E-state index is 0.0137. The fourth-order valence-corrected chi connectivity index (χ4v) is 4.28. The molecule has 0 aromatic heterocycles. The molecule has 2 aliphatic rings. The molecule has 0 radical (unpaired) electrons. The summed E-state index contributed by atoms with van der Waals surface area (Å²) in [6, 6.07) is 12.4. The minimum atomic E-state index is -0.397. The van der Waals surface area contributed by atoms with Gasteiger partial charge in [-0.3, -0.25) is 9.59 Å². The molecule has 4 rings (SSSR count). The van der Waals surface area contributed by atoms with Crippen LogP contribution in [0.25, 0.3) is 0 Å². The smallest absolute Gasteiger partial charge is 0.220 e. The van der Waals surface area contributed by atoms with Crippen LogP contribution in [0.5, 0.6) is 5.75 Å². The van der Waals surface area contributed by atoms with Gasteiger partial charge >= 0.3 is 0 Å². The van der Waals surface area contributed by atoms with E-state index in [4.69, 9.17) is 9.47 Å². The molecule has 0 unspecified atom stereocenters. The summed E-state index contributed by atoms with van der Waals surface area (Å²) < 4.78 is 24.5. The number of ether oxygens (including phenoxy) is 2. The first-order valence-corrected chi connectivity index (χ1v) is 10.9. The number of anilines is 2. The molecule has 9 heteroatoms. The molecule has 0 fully saturated rings. The first-order valence-electron chi connectivity index (χ1n) is 10.9. The second-order valence-corrected chi connectivity index (χ2v) is 8.10. The van der Waals surface area contributed by atoms with Crippen LogP contribution in [0.15, 0.2) is 47.8 Å². The van der Waals surface area contributed by atoms with Crippen LogP contribution in [0.1, 0.15) is 24.0 Å². The van der Waals surface area contributed by atoms with Crippen LogP contribution in [0, 0.1) is 17.1 Å². The monoisotopic (exact) mass is 464 g/mol. The van der Waals surface area contributed by atoms with Gasteiger partial charge in [0.2, 0.25) is 5.91 Å². The number of fused-ring (bicyclic) bond motifs is 2. The Morgan fingerprint density at radius 2 is 1.85 bits per heavy atom. The predicted octanol–water partition coefficient (Wildman–Crippen LogP) is 3.02. The molecule has 2 aliphatic heterocycles. The molecule has 2 aromatic rings. The van der Waals surface area contributed by atoms with Gasteiger partial charge in [0.25, 0.3) is 0 Å². The van der Waals surface area contributed by atoms with Gasteiger partial charge in [0.15, 0.2) is 12.6 Å². The van der Waals surface area contributed by atoms with E-state index in [2.05, 4.69) is 5.32 Å². The lowest BCUT2D eigenvalue weighted by Gasteiger charge is -2.21. The molecule has 2 aromatic carbocycles.